The third-order valence-electron chi connectivity index (χ3n) is 2.39. The van der Waals surface area contributed by atoms with Crippen LogP contribution in [0.1, 0.15) is 32.6 Å². The van der Waals surface area contributed by atoms with E-state index in [0.29, 0.717) is 13.1 Å². The zero-order valence-corrected chi connectivity index (χ0v) is 10.3. The van der Waals surface area contributed by atoms with Crippen LogP contribution in [0.4, 0.5) is 4.79 Å². The Bertz CT molecular complexity index is 320. The predicted molar refractivity (Wildman–Crippen MR) is 59.1 cm³/mol. The van der Waals surface area contributed by atoms with Gasteiger partial charge in [0.15, 0.2) is 0 Å². The molecular weight excluding hydrogens is 232 g/mol. The van der Waals surface area contributed by atoms with Crippen molar-refractivity contribution < 1.29 is 17.9 Å². The molecule has 1 aliphatic heterocycles. The molecule has 0 bridgehead atoms. The largest absolute Gasteiger partial charge is 0.449 e. The third kappa shape index (κ3) is 3.97. The molecule has 16 heavy (non-hydrogen) atoms. The van der Waals surface area contributed by atoms with Gasteiger partial charge in [0.1, 0.15) is 0 Å². The van der Waals surface area contributed by atoms with Gasteiger partial charge in [-0.2, -0.15) is 12.7 Å². The Balaban J connectivity index is 2.57. The Morgan fingerprint density at radius 2 is 1.81 bits per heavy atom. The van der Waals surface area contributed by atoms with Gasteiger partial charge in [-0.25, -0.2) is 9.52 Å². The molecule has 0 radical (unpaired) electrons. The maximum Gasteiger partial charge on any atom is 0.421 e. The first-order valence-corrected chi connectivity index (χ1v) is 6.95. The zero-order valence-electron chi connectivity index (χ0n) is 9.44. The molecule has 1 N–H and O–H groups in total. The van der Waals surface area contributed by atoms with E-state index in [4.69, 9.17) is 0 Å². The number of hydrogen-bond donors (Lipinski definition) is 1. The van der Waals surface area contributed by atoms with Gasteiger partial charge in [0.25, 0.3) is 0 Å². The van der Waals surface area contributed by atoms with Gasteiger partial charge in [-0.1, -0.05) is 12.8 Å². The number of nitrogens with one attached hydrogen (secondary N) is 1. The van der Waals surface area contributed by atoms with Gasteiger partial charge in [-0.3, -0.25) is 0 Å². The van der Waals surface area contributed by atoms with Crippen molar-refractivity contribution in [2.75, 3.05) is 19.7 Å². The lowest BCUT2D eigenvalue weighted by atomic mass is 10.2. The van der Waals surface area contributed by atoms with E-state index in [-0.39, 0.29) is 6.61 Å². The first kappa shape index (κ1) is 13.2. The number of rotatable bonds is 3. The Labute approximate surface area is 96.1 Å². The minimum Gasteiger partial charge on any atom is -0.449 e. The molecule has 0 saturated carbocycles. The van der Waals surface area contributed by atoms with E-state index in [1.165, 1.54) is 4.31 Å². The monoisotopic (exact) mass is 250 g/mol. The quantitative estimate of drug-likeness (QED) is 0.805. The fourth-order valence-corrected chi connectivity index (χ4v) is 2.75. The summed E-state index contributed by atoms with van der Waals surface area (Å²) in [4.78, 5) is 11.0. The van der Waals surface area contributed by atoms with E-state index in [9.17, 15) is 13.2 Å². The van der Waals surface area contributed by atoms with Gasteiger partial charge >= 0.3 is 16.3 Å². The van der Waals surface area contributed by atoms with Crippen molar-refractivity contribution in [2.24, 2.45) is 0 Å². The van der Waals surface area contributed by atoms with E-state index >= 15 is 0 Å². The molecule has 94 valence electrons. The van der Waals surface area contributed by atoms with Crippen molar-refractivity contribution in [3.8, 4) is 0 Å². The van der Waals surface area contributed by atoms with Crippen molar-refractivity contribution in [1.82, 2.24) is 9.03 Å². The van der Waals surface area contributed by atoms with E-state index in [0.717, 1.165) is 25.7 Å². The topological polar surface area (TPSA) is 75.7 Å². The van der Waals surface area contributed by atoms with Crippen molar-refractivity contribution >= 4 is 16.3 Å². The van der Waals surface area contributed by atoms with Crippen LogP contribution in [-0.4, -0.2) is 38.5 Å². The summed E-state index contributed by atoms with van der Waals surface area (Å²) >= 11 is 0. The van der Waals surface area contributed by atoms with Gasteiger partial charge in [-0.15, -0.1) is 0 Å². The fourth-order valence-electron chi connectivity index (χ4n) is 1.61. The van der Waals surface area contributed by atoms with E-state index in [1.54, 1.807) is 6.92 Å². The minimum absolute atomic E-state index is 0.154. The van der Waals surface area contributed by atoms with Crippen molar-refractivity contribution in [3.63, 3.8) is 0 Å². The lowest BCUT2D eigenvalue weighted by Crippen LogP contribution is -2.44. The number of carbonyl (C=O) groups excluding carboxylic acids is 1. The Hall–Kier alpha value is -0.820. The maximum atomic E-state index is 11.7. The summed E-state index contributed by atoms with van der Waals surface area (Å²) in [6, 6.07) is 0. The number of ether oxygens (including phenoxy) is 1. The average Bonchev–Trinajstić information content (AvgIpc) is 2.45. The van der Waals surface area contributed by atoms with Crippen LogP contribution in [-0.2, 0) is 14.9 Å². The highest BCUT2D eigenvalue weighted by molar-refractivity contribution is 7.87. The summed E-state index contributed by atoms with van der Waals surface area (Å²) in [6.45, 7) is 2.71. The minimum atomic E-state index is -3.72. The smallest absolute Gasteiger partial charge is 0.421 e. The SMILES string of the molecule is CCOC(=O)NS(=O)(=O)N1CCCCCC1. The first-order valence-electron chi connectivity index (χ1n) is 5.51. The molecule has 1 aliphatic rings. The van der Waals surface area contributed by atoms with Crippen LogP contribution in [0.3, 0.4) is 0 Å². The van der Waals surface area contributed by atoms with Crippen LogP contribution in [0.15, 0.2) is 0 Å². The van der Waals surface area contributed by atoms with Crippen molar-refractivity contribution in [1.29, 1.82) is 0 Å². The van der Waals surface area contributed by atoms with E-state index < -0.39 is 16.3 Å². The second-order valence-electron chi connectivity index (χ2n) is 3.64. The summed E-state index contributed by atoms with van der Waals surface area (Å²) in [6.07, 6.45) is 2.83. The van der Waals surface area contributed by atoms with E-state index in [2.05, 4.69) is 4.74 Å². The number of amides is 1. The van der Waals surface area contributed by atoms with E-state index in [1.807, 2.05) is 4.72 Å². The molecule has 6 nitrogen and oxygen atoms in total. The number of carbonyl (C=O) groups is 1. The highest BCUT2D eigenvalue weighted by atomic mass is 32.2. The van der Waals surface area contributed by atoms with Crippen LogP contribution >= 0.6 is 0 Å². The van der Waals surface area contributed by atoms with Crippen LogP contribution in [0.25, 0.3) is 0 Å². The molecule has 1 fully saturated rings. The van der Waals surface area contributed by atoms with Crippen LogP contribution in [0, 0.1) is 0 Å². The first-order chi connectivity index (χ1) is 7.56. The molecule has 0 aromatic rings. The zero-order chi connectivity index (χ0) is 12.0. The van der Waals surface area contributed by atoms with Gasteiger partial charge in [0.2, 0.25) is 0 Å². The summed E-state index contributed by atoms with van der Waals surface area (Å²) < 4.78 is 31.2. The molecule has 1 heterocycles. The molecule has 0 spiro atoms. The molecular formula is C9H18N2O4S. The van der Waals surface area contributed by atoms with Crippen molar-refractivity contribution in [2.45, 2.75) is 32.6 Å². The fraction of sp³-hybridized carbons (Fsp3) is 0.889. The van der Waals surface area contributed by atoms with Gasteiger partial charge in [0.05, 0.1) is 6.61 Å². The van der Waals surface area contributed by atoms with Gasteiger partial charge in [0, 0.05) is 13.1 Å². The number of nitrogens with zero attached hydrogens (tertiary/aromatic N) is 1. The highest BCUT2D eigenvalue weighted by Crippen LogP contribution is 2.12. The van der Waals surface area contributed by atoms with Crippen LogP contribution < -0.4 is 4.72 Å². The van der Waals surface area contributed by atoms with Crippen LogP contribution in [0.2, 0.25) is 0 Å². The third-order valence-corrected chi connectivity index (χ3v) is 3.86. The van der Waals surface area contributed by atoms with Crippen molar-refractivity contribution in [3.05, 3.63) is 0 Å². The molecule has 1 saturated heterocycles. The lowest BCUT2D eigenvalue weighted by molar-refractivity contribution is 0.158. The Morgan fingerprint density at radius 3 is 2.31 bits per heavy atom. The average molecular weight is 250 g/mol. The molecule has 0 aliphatic carbocycles. The lowest BCUT2D eigenvalue weighted by Gasteiger charge is -2.19. The molecule has 7 heteroatoms. The molecule has 0 aromatic carbocycles. The second-order valence-corrected chi connectivity index (χ2v) is 5.31. The molecule has 1 rings (SSSR count). The molecule has 0 atom stereocenters. The molecule has 1 amide bonds. The summed E-state index contributed by atoms with van der Waals surface area (Å²) in [5, 5.41) is 0. The van der Waals surface area contributed by atoms with Crippen LogP contribution in [0.5, 0.6) is 0 Å². The number of hydrogen-bond acceptors (Lipinski definition) is 4. The summed E-state index contributed by atoms with van der Waals surface area (Å²) in [5.41, 5.74) is 0. The standard InChI is InChI=1S/C9H18N2O4S/c1-2-15-9(12)10-16(13,14)11-7-5-3-4-6-8-11/h2-8H2,1H3,(H,10,12). The molecule has 0 unspecified atom stereocenters. The molecule has 0 aromatic heterocycles. The maximum absolute atomic E-state index is 11.7. The Kier molecular flexibility index (Phi) is 5.01. The summed E-state index contributed by atoms with van der Waals surface area (Å²) in [5.74, 6) is 0. The second kappa shape index (κ2) is 6.05. The summed E-state index contributed by atoms with van der Waals surface area (Å²) in [7, 11) is -3.72. The normalized spacial score (nSPS) is 18.8. The Morgan fingerprint density at radius 1 is 1.25 bits per heavy atom. The van der Waals surface area contributed by atoms with Gasteiger partial charge in [-0.05, 0) is 19.8 Å². The van der Waals surface area contributed by atoms with Gasteiger partial charge < -0.3 is 4.74 Å². The highest BCUT2D eigenvalue weighted by Gasteiger charge is 2.25. The predicted octanol–water partition coefficient (Wildman–Crippen LogP) is 0.853.